The van der Waals surface area contributed by atoms with E-state index in [-0.39, 0.29) is 22.5 Å². The Kier molecular flexibility index (Phi) is 4.41. The second-order valence-electron chi connectivity index (χ2n) is 5.58. The van der Waals surface area contributed by atoms with E-state index >= 15 is 0 Å². The van der Waals surface area contributed by atoms with E-state index < -0.39 is 11.2 Å². The maximum atomic E-state index is 11.9. The number of hydrazone groups is 1. The molecule has 7 nitrogen and oxygen atoms in total. The Balaban J connectivity index is 1.99. The molecule has 0 fully saturated rings. The highest BCUT2D eigenvalue weighted by Gasteiger charge is 2.33. The monoisotopic (exact) mass is 359 g/mol. The van der Waals surface area contributed by atoms with Crippen LogP contribution in [0, 0.1) is 17.0 Å². The molecule has 0 saturated heterocycles. The van der Waals surface area contributed by atoms with E-state index in [1.807, 2.05) is 31.2 Å². The lowest BCUT2D eigenvalue weighted by Gasteiger charge is -2.19. The van der Waals surface area contributed by atoms with Crippen LogP contribution in [-0.4, -0.2) is 21.7 Å². The first kappa shape index (κ1) is 16.9. The number of aryl methyl sites for hydroxylation is 1. The number of carbonyl (C=O) groups is 1. The highest BCUT2D eigenvalue weighted by Crippen LogP contribution is 2.32. The number of hydrogen-bond donors (Lipinski definition) is 0. The summed E-state index contributed by atoms with van der Waals surface area (Å²) in [5.74, 6) is -0.175. The van der Waals surface area contributed by atoms with Crippen LogP contribution in [0.15, 0.2) is 47.6 Å². The van der Waals surface area contributed by atoms with Gasteiger partial charge in [-0.05, 0) is 19.1 Å². The molecule has 1 heterocycles. The molecule has 0 saturated carbocycles. The first-order valence-corrected chi connectivity index (χ1v) is 7.80. The molecule has 0 bridgehead atoms. The molecule has 1 unspecified atom stereocenters. The molecular weight excluding hydrogens is 346 g/mol. The number of nitrogens with zero attached hydrogens (tertiary/aromatic N) is 3. The smallest absolute Gasteiger partial charge is 0.288 e. The second kappa shape index (κ2) is 6.52. The lowest BCUT2D eigenvalue weighted by molar-refractivity contribution is -0.384. The van der Waals surface area contributed by atoms with Crippen molar-refractivity contribution < 1.29 is 14.5 Å². The van der Waals surface area contributed by atoms with Gasteiger partial charge in [-0.25, -0.2) is 0 Å². The molecule has 1 atom stereocenters. The van der Waals surface area contributed by atoms with Gasteiger partial charge in [0.15, 0.2) is 0 Å². The van der Waals surface area contributed by atoms with Gasteiger partial charge in [0.2, 0.25) is 18.0 Å². The summed E-state index contributed by atoms with van der Waals surface area (Å²) in [6.45, 7) is 3.31. The highest BCUT2D eigenvalue weighted by molar-refractivity contribution is 6.32. The van der Waals surface area contributed by atoms with Crippen molar-refractivity contribution in [2.24, 2.45) is 5.10 Å². The van der Waals surface area contributed by atoms with Gasteiger partial charge >= 0.3 is 0 Å². The zero-order chi connectivity index (χ0) is 18.1. The molecule has 1 aliphatic heterocycles. The van der Waals surface area contributed by atoms with Gasteiger partial charge in [-0.1, -0.05) is 41.4 Å². The number of amides is 1. The van der Waals surface area contributed by atoms with Crippen molar-refractivity contribution in [3.63, 3.8) is 0 Å². The number of hydrogen-bond acceptors (Lipinski definition) is 5. The fourth-order valence-corrected chi connectivity index (χ4v) is 2.70. The molecule has 3 rings (SSSR count). The van der Waals surface area contributed by atoms with E-state index in [1.54, 1.807) is 6.07 Å². The summed E-state index contributed by atoms with van der Waals surface area (Å²) in [5, 5.41) is 16.5. The van der Waals surface area contributed by atoms with Crippen LogP contribution in [0.25, 0.3) is 0 Å². The molecule has 2 aromatic rings. The number of nitro benzene ring substituents is 1. The fourth-order valence-electron chi connectivity index (χ4n) is 2.51. The van der Waals surface area contributed by atoms with Gasteiger partial charge in [0.1, 0.15) is 5.02 Å². The maximum absolute atomic E-state index is 11.9. The summed E-state index contributed by atoms with van der Waals surface area (Å²) in [7, 11) is 0. The average molecular weight is 360 g/mol. The Hall–Kier alpha value is -2.93. The van der Waals surface area contributed by atoms with Gasteiger partial charge in [-0.3, -0.25) is 14.9 Å². The molecule has 1 amide bonds. The molecule has 0 aromatic heterocycles. The molecule has 128 valence electrons. The summed E-state index contributed by atoms with van der Waals surface area (Å²) >= 11 is 5.83. The van der Waals surface area contributed by atoms with E-state index in [2.05, 4.69) is 5.10 Å². The zero-order valence-corrected chi connectivity index (χ0v) is 14.2. The van der Waals surface area contributed by atoms with Gasteiger partial charge in [0.25, 0.3) is 5.69 Å². The van der Waals surface area contributed by atoms with Crippen molar-refractivity contribution in [1.82, 2.24) is 5.01 Å². The van der Waals surface area contributed by atoms with Crippen LogP contribution in [-0.2, 0) is 9.53 Å². The fraction of sp³-hybridized carbons (Fsp3) is 0.176. The SMILES string of the molecule is CC(=O)N1N=C(c2ccc(Cl)c([N+](=O)[O-])c2)OC1c1cccc(C)c1. The highest BCUT2D eigenvalue weighted by atomic mass is 35.5. The van der Waals surface area contributed by atoms with Crippen LogP contribution in [0.4, 0.5) is 5.69 Å². The van der Waals surface area contributed by atoms with Gasteiger partial charge < -0.3 is 4.74 Å². The minimum atomic E-state index is -0.720. The molecule has 0 radical (unpaired) electrons. The number of nitro groups is 1. The molecule has 0 spiro atoms. The molecular formula is C17H14ClN3O4. The molecule has 1 aliphatic rings. The largest absolute Gasteiger partial charge is 0.446 e. The van der Waals surface area contributed by atoms with Crippen molar-refractivity contribution in [3.8, 4) is 0 Å². The lowest BCUT2D eigenvalue weighted by atomic mass is 10.1. The Morgan fingerprint density at radius 2 is 2.08 bits per heavy atom. The van der Waals surface area contributed by atoms with E-state index in [4.69, 9.17) is 16.3 Å². The Bertz CT molecular complexity index is 897. The summed E-state index contributed by atoms with van der Waals surface area (Å²) in [6.07, 6.45) is -0.720. The van der Waals surface area contributed by atoms with Crippen molar-refractivity contribution in [3.05, 3.63) is 74.3 Å². The minimum Gasteiger partial charge on any atom is -0.446 e. The van der Waals surface area contributed by atoms with E-state index in [9.17, 15) is 14.9 Å². The number of rotatable bonds is 3. The Morgan fingerprint density at radius 3 is 2.72 bits per heavy atom. The van der Waals surface area contributed by atoms with Gasteiger partial charge in [0.05, 0.1) is 4.92 Å². The van der Waals surface area contributed by atoms with Crippen LogP contribution in [0.5, 0.6) is 0 Å². The second-order valence-corrected chi connectivity index (χ2v) is 5.98. The van der Waals surface area contributed by atoms with Gasteiger partial charge in [0, 0.05) is 24.1 Å². The third kappa shape index (κ3) is 3.32. The van der Waals surface area contributed by atoms with Gasteiger partial charge in [-0.15, -0.1) is 5.10 Å². The summed E-state index contributed by atoms with van der Waals surface area (Å²) in [5.41, 5.74) is 1.90. The molecule has 0 N–H and O–H groups in total. The van der Waals surface area contributed by atoms with Crippen LogP contribution in [0.1, 0.15) is 29.8 Å². The minimum absolute atomic E-state index is 0.0194. The van der Waals surface area contributed by atoms with E-state index in [1.165, 1.54) is 24.1 Å². The number of halogens is 1. The third-order valence-electron chi connectivity index (χ3n) is 3.68. The van der Waals surface area contributed by atoms with Crippen LogP contribution in [0.2, 0.25) is 5.02 Å². The molecule has 25 heavy (non-hydrogen) atoms. The Morgan fingerprint density at radius 1 is 1.32 bits per heavy atom. The molecule has 8 heteroatoms. The lowest BCUT2D eigenvalue weighted by Crippen LogP contribution is -2.25. The predicted octanol–water partition coefficient (Wildman–Crippen LogP) is 3.80. The number of benzene rings is 2. The molecule has 2 aromatic carbocycles. The summed E-state index contributed by atoms with van der Waals surface area (Å²) in [6, 6.07) is 11.8. The normalized spacial score (nSPS) is 16.4. The zero-order valence-electron chi connectivity index (χ0n) is 13.5. The average Bonchev–Trinajstić information content (AvgIpc) is 3.00. The van der Waals surface area contributed by atoms with Crippen molar-refractivity contribution in [2.75, 3.05) is 0 Å². The van der Waals surface area contributed by atoms with Crippen LogP contribution >= 0.6 is 11.6 Å². The maximum Gasteiger partial charge on any atom is 0.288 e. The van der Waals surface area contributed by atoms with Gasteiger partial charge in [-0.2, -0.15) is 5.01 Å². The number of carbonyl (C=O) groups excluding carboxylic acids is 1. The summed E-state index contributed by atoms with van der Waals surface area (Å²) in [4.78, 5) is 22.4. The van der Waals surface area contributed by atoms with Crippen molar-refractivity contribution >= 4 is 29.1 Å². The van der Waals surface area contributed by atoms with E-state index in [0.29, 0.717) is 5.56 Å². The third-order valence-corrected chi connectivity index (χ3v) is 4.00. The molecule has 0 aliphatic carbocycles. The predicted molar refractivity (Wildman–Crippen MR) is 92.2 cm³/mol. The standard InChI is InChI=1S/C17H14ClN3O4/c1-10-4-3-5-13(8-10)17-20(11(2)22)19-16(25-17)12-6-7-14(18)15(9-12)21(23)24/h3-9,17H,1-2H3. The van der Waals surface area contributed by atoms with E-state index in [0.717, 1.165) is 11.1 Å². The topological polar surface area (TPSA) is 85.0 Å². The first-order chi connectivity index (χ1) is 11.9. The first-order valence-electron chi connectivity index (χ1n) is 7.43. The quantitative estimate of drug-likeness (QED) is 0.616. The number of ether oxygens (including phenoxy) is 1. The Labute approximate surface area is 148 Å². The van der Waals surface area contributed by atoms with Crippen LogP contribution < -0.4 is 0 Å². The summed E-state index contributed by atoms with van der Waals surface area (Å²) < 4.78 is 5.83. The van der Waals surface area contributed by atoms with Crippen LogP contribution in [0.3, 0.4) is 0 Å². The van der Waals surface area contributed by atoms with Crippen molar-refractivity contribution in [1.29, 1.82) is 0 Å². The van der Waals surface area contributed by atoms with Crippen molar-refractivity contribution in [2.45, 2.75) is 20.1 Å².